The van der Waals surface area contributed by atoms with E-state index in [9.17, 15) is 9.59 Å². The van der Waals surface area contributed by atoms with Gasteiger partial charge < -0.3 is 15.0 Å². The SMILES string of the molecule is COc1ccc(CCC(=O)Nc2cccc(-c3nc(C)cc(=O)[nH]3)c2)cc1. The summed E-state index contributed by atoms with van der Waals surface area (Å²) < 4.78 is 5.13. The summed E-state index contributed by atoms with van der Waals surface area (Å²) in [5.41, 5.74) is 2.91. The molecule has 0 aliphatic rings. The van der Waals surface area contributed by atoms with E-state index in [4.69, 9.17) is 4.74 Å². The predicted octanol–water partition coefficient (Wildman–Crippen LogP) is 3.33. The molecule has 2 aromatic carbocycles. The monoisotopic (exact) mass is 363 g/mol. The number of aromatic amines is 1. The van der Waals surface area contributed by atoms with Crippen molar-refractivity contribution in [2.75, 3.05) is 12.4 Å². The molecule has 0 fully saturated rings. The molecule has 138 valence electrons. The molecule has 0 aliphatic carbocycles. The summed E-state index contributed by atoms with van der Waals surface area (Å²) in [6, 6.07) is 16.4. The van der Waals surface area contributed by atoms with Crippen LogP contribution in [0.2, 0.25) is 0 Å². The van der Waals surface area contributed by atoms with Crippen molar-refractivity contribution in [3.05, 3.63) is 76.2 Å². The van der Waals surface area contributed by atoms with E-state index >= 15 is 0 Å². The van der Waals surface area contributed by atoms with Crippen LogP contribution in [-0.4, -0.2) is 23.0 Å². The van der Waals surface area contributed by atoms with Crippen molar-refractivity contribution < 1.29 is 9.53 Å². The Morgan fingerprint density at radius 3 is 2.63 bits per heavy atom. The van der Waals surface area contributed by atoms with Gasteiger partial charge in [-0.05, 0) is 43.2 Å². The molecule has 3 rings (SSSR count). The highest BCUT2D eigenvalue weighted by Gasteiger charge is 2.07. The van der Waals surface area contributed by atoms with Gasteiger partial charge in [0, 0.05) is 29.4 Å². The number of carbonyl (C=O) groups excluding carboxylic acids is 1. The minimum absolute atomic E-state index is 0.0753. The molecule has 1 amide bonds. The average Bonchev–Trinajstić information content (AvgIpc) is 2.66. The molecule has 27 heavy (non-hydrogen) atoms. The first-order valence-corrected chi connectivity index (χ1v) is 8.65. The summed E-state index contributed by atoms with van der Waals surface area (Å²) in [6.07, 6.45) is 1.01. The first-order valence-electron chi connectivity index (χ1n) is 8.65. The molecular weight excluding hydrogens is 342 g/mol. The molecule has 0 atom stereocenters. The van der Waals surface area contributed by atoms with Gasteiger partial charge in [0.15, 0.2) is 0 Å². The number of rotatable bonds is 6. The Bertz CT molecular complexity index is 994. The average molecular weight is 363 g/mol. The van der Waals surface area contributed by atoms with E-state index in [1.807, 2.05) is 42.5 Å². The van der Waals surface area contributed by atoms with Crippen LogP contribution in [0.3, 0.4) is 0 Å². The van der Waals surface area contributed by atoms with Gasteiger partial charge in [-0.25, -0.2) is 4.98 Å². The first-order chi connectivity index (χ1) is 13.0. The highest BCUT2D eigenvalue weighted by Crippen LogP contribution is 2.19. The minimum Gasteiger partial charge on any atom is -0.497 e. The van der Waals surface area contributed by atoms with Crippen molar-refractivity contribution in [2.24, 2.45) is 0 Å². The Balaban J connectivity index is 1.64. The van der Waals surface area contributed by atoms with Gasteiger partial charge in [0.05, 0.1) is 7.11 Å². The van der Waals surface area contributed by atoms with Crippen LogP contribution in [0.4, 0.5) is 5.69 Å². The summed E-state index contributed by atoms with van der Waals surface area (Å²) in [6.45, 7) is 1.77. The Labute approximate surface area is 157 Å². The zero-order chi connectivity index (χ0) is 19.2. The minimum atomic E-state index is -0.202. The van der Waals surface area contributed by atoms with Crippen LogP contribution >= 0.6 is 0 Å². The summed E-state index contributed by atoms with van der Waals surface area (Å²) in [5.74, 6) is 1.20. The van der Waals surface area contributed by atoms with Crippen molar-refractivity contribution in [3.8, 4) is 17.1 Å². The van der Waals surface area contributed by atoms with E-state index in [0.29, 0.717) is 30.0 Å². The lowest BCUT2D eigenvalue weighted by molar-refractivity contribution is -0.116. The Morgan fingerprint density at radius 2 is 1.93 bits per heavy atom. The molecule has 0 radical (unpaired) electrons. The third-order valence-electron chi connectivity index (χ3n) is 4.09. The Hall–Kier alpha value is -3.41. The highest BCUT2D eigenvalue weighted by atomic mass is 16.5. The number of aromatic nitrogens is 2. The molecule has 0 unspecified atom stereocenters. The lowest BCUT2D eigenvalue weighted by Gasteiger charge is -2.08. The topological polar surface area (TPSA) is 84.1 Å². The van der Waals surface area contributed by atoms with Crippen molar-refractivity contribution >= 4 is 11.6 Å². The lowest BCUT2D eigenvalue weighted by Crippen LogP contribution is -2.12. The molecule has 3 aromatic rings. The van der Waals surface area contributed by atoms with Crippen LogP contribution in [0, 0.1) is 6.92 Å². The molecule has 2 N–H and O–H groups in total. The van der Waals surface area contributed by atoms with Gasteiger partial charge in [-0.15, -0.1) is 0 Å². The summed E-state index contributed by atoms with van der Waals surface area (Å²) in [5, 5.41) is 2.89. The number of methoxy groups -OCH3 is 1. The van der Waals surface area contributed by atoms with Crippen LogP contribution in [0.1, 0.15) is 17.7 Å². The van der Waals surface area contributed by atoms with Crippen molar-refractivity contribution in [3.63, 3.8) is 0 Å². The molecule has 6 nitrogen and oxygen atoms in total. The van der Waals surface area contributed by atoms with Gasteiger partial charge in [-0.2, -0.15) is 0 Å². The number of nitrogens with zero attached hydrogens (tertiary/aromatic N) is 1. The molecule has 0 aliphatic heterocycles. The van der Waals surface area contributed by atoms with Crippen LogP contribution in [-0.2, 0) is 11.2 Å². The van der Waals surface area contributed by atoms with Gasteiger partial charge in [0.25, 0.3) is 5.56 Å². The van der Waals surface area contributed by atoms with Gasteiger partial charge >= 0.3 is 0 Å². The second kappa shape index (κ2) is 8.31. The molecule has 1 aromatic heterocycles. The molecule has 0 spiro atoms. The zero-order valence-corrected chi connectivity index (χ0v) is 15.3. The van der Waals surface area contributed by atoms with Gasteiger partial charge in [-0.3, -0.25) is 9.59 Å². The Kier molecular flexibility index (Phi) is 5.66. The molecule has 6 heteroatoms. The van der Waals surface area contributed by atoms with E-state index < -0.39 is 0 Å². The van der Waals surface area contributed by atoms with Crippen LogP contribution in [0.15, 0.2) is 59.4 Å². The standard InChI is InChI=1S/C21H21N3O3/c1-14-12-20(26)24-21(22-14)16-4-3-5-17(13-16)23-19(25)11-8-15-6-9-18(27-2)10-7-15/h3-7,9-10,12-13H,8,11H2,1-2H3,(H,23,25)(H,22,24,26). The smallest absolute Gasteiger partial charge is 0.251 e. The number of aryl methyl sites for hydroxylation is 2. The number of hydrogen-bond donors (Lipinski definition) is 2. The summed E-state index contributed by atoms with van der Waals surface area (Å²) >= 11 is 0. The van der Waals surface area contributed by atoms with Gasteiger partial charge in [-0.1, -0.05) is 24.3 Å². The van der Waals surface area contributed by atoms with E-state index in [-0.39, 0.29) is 11.5 Å². The van der Waals surface area contributed by atoms with E-state index in [2.05, 4.69) is 15.3 Å². The van der Waals surface area contributed by atoms with Crippen LogP contribution in [0.5, 0.6) is 5.75 Å². The normalized spacial score (nSPS) is 10.4. The third kappa shape index (κ3) is 5.04. The van der Waals surface area contributed by atoms with Crippen LogP contribution < -0.4 is 15.6 Å². The second-order valence-corrected chi connectivity index (χ2v) is 6.21. The number of H-pyrrole nitrogens is 1. The molecule has 0 saturated carbocycles. The lowest BCUT2D eigenvalue weighted by atomic mass is 10.1. The molecule has 0 saturated heterocycles. The summed E-state index contributed by atoms with van der Waals surface area (Å²) in [4.78, 5) is 30.9. The van der Waals surface area contributed by atoms with E-state index in [1.54, 1.807) is 20.1 Å². The Morgan fingerprint density at radius 1 is 1.15 bits per heavy atom. The second-order valence-electron chi connectivity index (χ2n) is 6.21. The number of anilines is 1. The van der Waals surface area contributed by atoms with Gasteiger partial charge in [0.2, 0.25) is 5.91 Å². The van der Waals surface area contributed by atoms with Crippen molar-refractivity contribution in [1.29, 1.82) is 0 Å². The quantitative estimate of drug-likeness (QED) is 0.704. The van der Waals surface area contributed by atoms with Crippen molar-refractivity contribution in [2.45, 2.75) is 19.8 Å². The maximum absolute atomic E-state index is 12.3. The fraction of sp³-hybridized carbons (Fsp3) is 0.190. The highest BCUT2D eigenvalue weighted by molar-refractivity contribution is 5.91. The fourth-order valence-corrected chi connectivity index (χ4v) is 2.73. The van der Waals surface area contributed by atoms with E-state index in [1.165, 1.54) is 6.07 Å². The predicted molar refractivity (Wildman–Crippen MR) is 105 cm³/mol. The van der Waals surface area contributed by atoms with Gasteiger partial charge in [0.1, 0.15) is 11.6 Å². The maximum atomic E-state index is 12.3. The van der Waals surface area contributed by atoms with Crippen LogP contribution in [0.25, 0.3) is 11.4 Å². The number of amides is 1. The van der Waals surface area contributed by atoms with Crippen molar-refractivity contribution in [1.82, 2.24) is 9.97 Å². The molecular formula is C21H21N3O3. The molecule has 0 bridgehead atoms. The fourth-order valence-electron chi connectivity index (χ4n) is 2.73. The number of carbonyl (C=O) groups is 1. The number of hydrogen-bond acceptors (Lipinski definition) is 4. The third-order valence-corrected chi connectivity index (χ3v) is 4.09. The number of ether oxygens (including phenoxy) is 1. The molecule has 1 heterocycles. The number of nitrogens with one attached hydrogen (secondary N) is 2. The largest absolute Gasteiger partial charge is 0.497 e. The maximum Gasteiger partial charge on any atom is 0.251 e. The van der Waals surface area contributed by atoms with E-state index in [0.717, 1.165) is 16.9 Å². The zero-order valence-electron chi connectivity index (χ0n) is 15.3. The number of benzene rings is 2. The summed E-state index contributed by atoms with van der Waals surface area (Å²) in [7, 11) is 1.62. The first kappa shape index (κ1) is 18.4.